The van der Waals surface area contributed by atoms with E-state index in [1.807, 2.05) is 5.38 Å². The topological polar surface area (TPSA) is 65.9 Å². The van der Waals surface area contributed by atoms with Gasteiger partial charge in [-0.3, -0.25) is 9.20 Å². The minimum absolute atomic E-state index is 0. The summed E-state index contributed by atoms with van der Waals surface area (Å²) in [5, 5.41) is 1.84. The third-order valence-electron chi connectivity index (χ3n) is 1.23. The van der Waals surface area contributed by atoms with Crippen molar-refractivity contribution in [1.82, 2.24) is 9.38 Å². The molecule has 0 saturated heterocycles. The summed E-state index contributed by atoms with van der Waals surface area (Å²) in [6.45, 7) is 0. The number of thiazole rings is 1. The molecule has 2 aromatic rings. The molecule has 2 rings (SSSR count). The molecule has 0 saturated carbocycles. The SMILES string of the molecule is O.O=c1ccnc2sccn12. The third kappa shape index (κ3) is 1.15. The van der Waals surface area contributed by atoms with Crippen LogP contribution >= 0.6 is 11.3 Å². The Balaban J connectivity index is 0.000000605. The zero-order valence-corrected chi connectivity index (χ0v) is 6.34. The van der Waals surface area contributed by atoms with Crippen LogP contribution in [0.3, 0.4) is 0 Å². The van der Waals surface area contributed by atoms with E-state index >= 15 is 0 Å². The molecule has 58 valence electrons. The molecule has 5 heteroatoms. The van der Waals surface area contributed by atoms with Crippen molar-refractivity contribution < 1.29 is 5.48 Å². The minimum Gasteiger partial charge on any atom is -0.412 e. The molecule has 0 fully saturated rings. The number of aromatic nitrogens is 2. The molecule has 0 aromatic carbocycles. The lowest BCUT2D eigenvalue weighted by atomic mass is 10.6. The Morgan fingerprint density at radius 3 is 3.09 bits per heavy atom. The molecule has 2 heterocycles. The van der Waals surface area contributed by atoms with Gasteiger partial charge in [-0.15, -0.1) is 11.3 Å². The molecular weight excluding hydrogens is 164 g/mol. The predicted molar refractivity (Wildman–Crippen MR) is 43.0 cm³/mol. The highest BCUT2D eigenvalue weighted by molar-refractivity contribution is 7.15. The van der Waals surface area contributed by atoms with Gasteiger partial charge in [0.2, 0.25) is 0 Å². The molecular formula is C6H6N2O2S. The van der Waals surface area contributed by atoms with E-state index in [4.69, 9.17) is 0 Å². The van der Waals surface area contributed by atoms with Gasteiger partial charge in [0.15, 0.2) is 4.96 Å². The van der Waals surface area contributed by atoms with Crippen molar-refractivity contribution in [2.24, 2.45) is 0 Å². The van der Waals surface area contributed by atoms with Crippen LogP contribution in [-0.4, -0.2) is 14.9 Å². The van der Waals surface area contributed by atoms with Gasteiger partial charge in [-0.1, -0.05) is 0 Å². The number of hydrogen-bond donors (Lipinski definition) is 0. The Kier molecular flexibility index (Phi) is 2.02. The van der Waals surface area contributed by atoms with Gasteiger partial charge >= 0.3 is 0 Å². The van der Waals surface area contributed by atoms with Crippen LogP contribution in [0.4, 0.5) is 0 Å². The van der Waals surface area contributed by atoms with Gasteiger partial charge in [-0.2, -0.15) is 0 Å². The maximum Gasteiger partial charge on any atom is 0.258 e. The molecule has 0 unspecified atom stereocenters. The highest BCUT2D eigenvalue weighted by atomic mass is 32.1. The van der Waals surface area contributed by atoms with E-state index in [1.54, 1.807) is 6.20 Å². The standard InChI is InChI=1S/C6H4N2OS.H2O/c9-5-1-2-7-6-8(5)3-4-10-6;/h1-4H;1H2. The molecule has 11 heavy (non-hydrogen) atoms. The summed E-state index contributed by atoms with van der Waals surface area (Å²) in [6.07, 6.45) is 3.24. The fraction of sp³-hybridized carbons (Fsp3) is 0. The summed E-state index contributed by atoms with van der Waals surface area (Å²) in [5.41, 5.74) is -0.0220. The van der Waals surface area contributed by atoms with Crippen LogP contribution in [0.1, 0.15) is 0 Å². The zero-order chi connectivity index (χ0) is 6.97. The van der Waals surface area contributed by atoms with Gasteiger partial charge in [0.25, 0.3) is 5.56 Å². The van der Waals surface area contributed by atoms with Crippen molar-refractivity contribution in [3.8, 4) is 0 Å². The normalized spacial score (nSPS) is 9.45. The maximum absolute atomic E-state index is 11.0. The molecule has 0 spiro atoms. The first-order valence-electron chi connectivity index (χ1n) is 2.79. The summed E-state index contributed by atoms with van der Waals surface area (Å²) in [5.74, 6) is 0. The third-order valence-corrected chi connectivity index (χ3v) is 2.00. The smallest absolute Gasteiger partial charge is 0.258 e. The first-order chi connectivity index (χ1) is 4.88. The summed E-state index contributed by atoms with van der Waals surface area (Å²) in [4.78, 5) is 15.7. The summed E-state index contributed by atoms with van der Waals surface area (Å²) in [6, 6.07) is 1.44. The largest absolute Gasteiger partial charge is 0.412 e. The Bertz CT molecular complexity index is 406. The van der Waals surface area contributed by atoms with Gasteiger partial charge in [-0.05, 0) is 0 Å². The molecule has 0 radical (unpaired) electrons. The molecule has 0 amide bonds. The lowest BCUT2D eigenvalue weighted by Gasteiger charge is -1.85. The molecule has 4 nitrogen and oxygen atoms in total. The maximum atomic E-state index is 11.0. The summed E-state index contributed by atoms with van der Waals surface area (Å²) >= 11 is 1.45. The highest BCUT2D eigenvalue weighted by Crippen LogP contribution is 2.02. The van der Waals surface area contributed by atoms with E-state index in [9.17, 15) is 4.79 Å². The van der Waals surface area contributed by atoms with Crippen molar-refractivity contribution in [2.45, 2.75) is 0 Å². The van der Waals surface area contributed by atoms with Crippen LogP contribution in [0.15, 0.2) is 28.6 Å². The van der Waals surface area contributed by atoms with Crippen molar-refractivity contribution in [1.29, 1.82) is 0 Å². The average molecular weight is 170 g/mol. The zero-order valence-electron chi connectivity index (χ0n) is 5.52. The Labute approximate surface area is 66.1 Å². The Morgan fingerprint density at radius 1 is 1.55 bits per heavy atom. The lowest BCUT2D eigenvalue weighted by molar-refractivity contribution is 0.824. The van der Waals surface area contributed by atoms with E-state index < -0.39 is 0 Å². The Morgan fingerprint density at radius 2 is 2.36 bits per heavy atom. The van der Waals surface area contributed by atoms with Gasteiger partial charge in [0.1, 0.15) is 0 Å². The highest BCUT2D eigenvalue weighted by Gasteiger charge is 1.93. The molecule has 0 aliphatic heterocycles. The average Bonchev–Trinajstić information content (AvgIpc) is 2.36. The van der Waals surface area contributed by atoms with E-state index in [0.29, 0.717) is 0 Å². The van der Waals surface area contributed by atoms with E-state index in [2.05, 4.69) is 4.98 Å². The summed E-state index contributed by atoms with van der Waals surface area (Å²) < 4.78 is 1.52. The van der Waals surface area contributed by atoms with Crippen molar-refractivity contribution >= 4 is 16.3 Å². The van der Waals surface area contributed by atoms with E-state index in [-0.39, 0.29) is 11.0 Å². The number of hydrogen-bond acceptors (Lipinski definition) is 3. The van der Waals surface area contributed by atoms with E-state index in [0.717, 1.165) is 4.96 Å². The monoisotopic (exact) mass is 170 g/mol. The predicted octanol–water partition coefficient (Wildman–Crippen LogP) is -0.0687. The molecule has 0 aliphatic rings. The second-order valence-electron chi connectivity index (χ2n) is 1.84. The molecule has 0 aliphatic carbocycles. The van der Waals surface area contributed by atoms with Crippen molar-refractivity contribution in [3.05, 3.63) is 34.2 Å². The lowest BCUT2D eigenvalue weighted by Crippen LogP contribution is -2.09. The van der Waals surface area contributed by atoms with Crippen LogP contribution in [0.25, 0.3) is 4.96 Å². The van der Waals surface area contributed by atoms with Crippen LogP contribution in [-0.2, 0) is 0 Å². The van der Waals surface area contributed by atoms with Crippen molar-refractivity contribution in [2.75, 3.05) is 0 Å². The minimum atomic E-state index is -0.0220. The molecule has 0 atom stereocenters. The molecule has 2 N–H and O–H groups in total. The fourth-order valence-electron chi connectivity index (χ4n) is 0.778. The Hall–Kier alpha value is -1.20. The van der Waals surface area contributed by atoms with Gasteiger partial charge in [-0.25, -0.2) is 4.98 Å². The molecule has 0 bridgehead atoms. The van der Waals surface area contributed by atoms with Crippen molar-refractivity contribution in [3.63, 3.8) is 0 Å². The first-order valence-corrected chi connectivity index (χ1v) is 3.67. The summed E-state index contributed by atoms with van der Waals surface area (Å²) in [7, 11) is 0. The second-order valence-corrected chi connectivity index (χ2v) is 2.71. The van der Waals surface area contributed by atoms with Gasteiger partial charge < -0.3 is 5.48 Å². The van der Waals surface area contributed by atoms with Crippen LogP contribution < -0.4 is 5.56 Å². The van der Waals surface area contributed by atoms with Crippen LogP contribution in [0, 0.1) is 0 Å². The number of nitrogens with zero attached hydrogens (tertiary/aromatic N) is 2. The number of fused-ring (bicyclic) bond motifs is 1. The van der Waals surface area contributed by atoms with Gasteiger partial charge in [0.05, 0.1) is 0 Å². The quantitative estimate of drug-likeness (QED) is 0.555. The van der Waals surface area contributed by atoms with Gasteiger partial charge in [0, 0.05) is 23.8 Å². The first kappa shape index (κ1) is 7.90. The van der Waals surface area contributed by atoms with Crippen LogP contribution in [0.5, 0.6) is 0 Å². The fourth-order valence-corrected chi connectivity index (χ4v) is 1.47. The van der Waals surface area contributed by atoms with E-state index in [1.165, 1.54) is 28.0 Å². The molecule has 2 aromatic heterocycles. The second kappa shape index (κ2) is 2.81. The van der Waals surface area contributed by atoms with Crippen LogP contribution in [0.2, 0.25) is 0 Å². The number of rotatable bonds is 0.